The molecular weight excluding hydrogens is 274 g/mol. The Balaban J connectivity index is 2.16. The molecule has 122 valence electrons. The highest BCUT2D eigenvalue weighted by molar-refractivity contribution is 5.82. The molecule has 0 saturated carbocycles. The van der Waals surface area contributed by atoms with Crippen LogP contribution in [0.1, 0.15) is 25.3 Å². The third kappa shape index (κ3) is 3.50. The first-order chi connectivity index (χ1) is 10.5. The average molecular weight is 303 g/mol. The summed E-state index contributed by atoms with van der Waals surface area (Å²) in [6.07, 6.45) is 0. The van der Waals surface area contributed by atoms with E-state index in [9.17, 15) is 4.79 Å². The summed E-state index contributed by atoms with van der Waals surface area (Å²) >= 11 is 0. The van der Waals surface area contributed by atoms with Crippen LogP contribution in [-0.4, -0.2) is 55.5 Å². The topological polar surface area (TPSA) is 49.6 Å². The smallest absolute Gasteiger partial charge is 0.240 e. The van der Waals surface area contributed by atoms with Gasteiger partial charge in [0, 0.05) is 19.0 Å². The van der Waals surface area contributed by atoms with Crippen molar-refractivity contribution in [1.82, 2.24) is 9.80 Å². The number of likely N-dealkylation sites (tertiary alicyclic amines) is 1. The third-order valence-corrected chi connectivity index (χ3v) is 4.72. The van der Waals surface area contributed by atoms with Crippen molar-refractivity contribution in [3.05, 3.63) is 35.9 Å². The van der Waals surface area contributed by atoms with Crippen LogP contribution in [-0.2, 0) is 4.79 Å². The Labute approximate surface area is 134 Å². The number of hydrogen-bond donors (Lipinski definition) is 1. The van der Waals surface area contributed by atoms with E-state index in [0.717, 1.165) is 13.1 Å². The number of carbonyl (C=O) groups excluding carboxylic acids is 1. The summed E-state index contributed by atoms with van der Waals surface area (Å²) in [4.78, 5) is 17.0. The van der Waals surface area contributed by atoms with Crippen molar-refractivity contribution in [2.24, 2.45) is 17.6 Å². The monoisotopic (exact) mass is 303 g/mol. The minimum Gasteiger partial charge on any atom is -0.340 e. The second-order valence-corrected chi connectivity index (χ2v) is 6.91. The van der Waals surface area contributed by atoms with E-state index in [4.69, 9.17) is 5.73 Å². The number of amides is 1. The molecule has 2 rings (SSSR count). The number of nitrogens with zero attached hydrogens (tertiary/aromatic N) is 2. The molecule has 1 aliphatic heterocycles. The second kappa shape index (κ2) is 7.25. The van der Waals surface area contributed by atoms with E-state index in [2.05, 4.69) is 38.1 Å². The van der Waals surface area contributed by atoms with E-state index >= 15 is 0 Å². The predicted molar refractivity (Wildman–Crippen MR) is 90.6 cm³/mol. The van der Waals surface area contributed by atoms with Gasteiger partial charge < -0.3 is 10.6 Å². The maximum atomic E-state index is 12.9. The molecule has 1 saturated heterocycles. The zero-order valence-corrected chi connectivity index (χ0v) is 14.2. The molecular formula is C18H29N3O. The average Bonchev–Trinajstić information content (AvgIpc) is 2.91. The number of hydrogen-bond acceptors (Lipinski definition) is 3. The Morgan fingerprint density at radius 2 is 1.91 bits per heavy atom. The molecule has 0 radical (unpaired) electrons. The van der Waals surface area contributed by atoms with Gasteiger partial charge >= 0.3 is 0 Å². The molecule has 1 aromatic carbocycles. The lowest BCUT2D eigenvalue weighted by Gasteiger charge is -2.31. The predicted octanol–water partition coefficient (Wildman–Crippen LogP) is 1.77. The maximum Gasteiger partial charge on any atom is 0.240 e. The number of nitrogens with two attached hydrogens (primary N) is 1. The normalized spacial score (nSPS) is 23.3. The highest BCUT2D eigenvalue weighted by Crippen LogP contribution is 2.32. The minimum atomic E-state index is -0.0621. The lowest BCUT2D eigenvalue weighted by atomic mass is 9.89. The van der Waals surface area contributed by atoms with Crippen LogP contribution in [0.4, 0.5) is 0 Å². The largest absolute Gasteiger partial charge is 0.340 e. The molecule has 1 aliphatic rings. The summed E-state index contributed by atoms with van der Waals surface area (Å²) in [5.74, 6) is 1.23. The van der Waals surface area contributed by atoms with Gasteiger partial charge in [0.05, 0.1) is 6.04 Å². The number of likely N-dealkylation sites (N-methyl/N-ethyl adjacent to an activating group) is 1. The number of benzene rings is 1. The fourth-order valence-electron chi connectivity index (χ4n) is 3.66. The molecule has 0 bridgehead atoms. The molecule has 3 atom stereocenters. The highest BCUT2D eigenvalue weighted by Gasteiger charge is 2.38. The Bertz CT molecular complexity index is 478. The first-order valence-corrected chi connectivity index (χ1v) is 8.16. The van der Waals surface area contributed by atoms with Gasteiger partial charge in [0.15, 0.2) is 0 Å². The molecule has 1 heterocycles. The van der Waals surface area contributed by atoms with Crippen molar-refractivity contribution in [3.8, 4) is 0 Å². The van der Waals surface area contributed by atoms with Crippen LogP contribution in [0.2, 0.25) is 0 Å². The van der Waals surface area contributed by atoms with Gasteiger partial charge in [-0.05, 0) is 38.0 Å². The molecule has 1 fully saturated rings. The molecule has 0 spiro atoms. The lowest BCUT2D eigenvalue weighted by molar-refractivity contribution is -0.136. The van der Waals surface area contributed by atoms with Crippen LogP contribution >= 0.6 is 0 Å². The van der Waals surface area contributed by atoms with E-state index in [1.807, 2.05) is 30.0 Å². The van der Waals surface area contributed by atoms with E-state index < -0.39 is 0 Å². The SMILES string of the molecule is CC(C)[C@H](C(=O)N1C[C@@H](CN)[C@H](c2ccccc2)C1)N(C)C. The molecule has 0 aliphatic carbocycles. The zero-order valence-electron chi connectivity index (χ0n) is 14.2. The Kier molecular flexibility index (Phi) is 5.59. The maximum absolute atomic E-state index is 12.9. The van der Waals surface area contributed by atoms with E-state index in [1.165, 1.54) is 5.56 Å². The van der Waals surface area contributed by atoms with Crippen molar-refractivity contribution < 1.29 is 4.79 Å². The minimum absolute atomic E-state index is 0.0621. The quantitative estimate of drug-likeness (QED) is 0.902. The molecule has 4 heteroatoms. The van der Waals surface area contributed by atoms with Crippen molar-refractivity contribution in [2.75, 3.05) is 33.7 Å². The van der Waals surface area contributed by atoms with E-state index in [1.54, 1.807) is 0 Å². The van der Waals surface area contributed by atoms with Crippen molar-refractivity contribution in [3.63, 3.8) is 0 Å². The second-order valence-electron chi connectivity index (χ2n) is 6.91. The summed E-state index contributed by atoms with van der Waals surface area (Å²) < 4.78 is 0. The Hall–Kier alpha value is -1.39. The molecule has 0 unspecified atom stereocenters. The highest BCUT2D eigenvalue weighted by atomic mass is 16.2. The van der Waals surface area contributed by atoms with E-state index in [-0.39, 0.29) is 11.9 Å². The van der Waals surface area contributed by atoms with Gasteiger partial charge in [-0.15, -0.1) is 0 Å². The van der Waals surface area contributed by atoms with Gasteiger partial charge in [0.1, 0.15) is 0 Å². The summed E-state index contributed by atoms with van der Waals surface area (Å²) in [6.45, 7) is 6.38. The Morgan fingerprint density at radius 1 is 1.27 bits per heavy atom. The summed E-state index contributed by atoms with van der Waals surface area (Å²) in [5.41, 5.74) is 7.26. The van der Waals surface area contributed by atoms with Crippen LogP contribution in [0.25, 0.3) is 0 Å². The summed E-state index contributed by atoms with van der Waals surface area (Å²) in [7, 11) is 3.96. The van der Waals surface area contributed by atoms with Crippen molar-refractivity contribution in [2.45, 2.75) is 25.8 Å². The fourth-order valence-corrected chi connectivity index (χ4v) is 3.66. The molecule has 2 N–H and O–H groups in total. The van der Waals surface area contributed by atoms with Gasteiger partial charge in [-0.1, -0.05) is 44.2 Å². The standard InChI is InChI=1S/C18H29N3O/c1-13(2)17(20(3)4)18(22)21-11-15(10-19)16(12-21)14-8-6-5-7-9-14/h5-9,13,15-17H,10-12,19H2,1-4H3/t15-,16+,17-/m1/s1. The first kappa shape index (κ1) is 17.0. The van der Waals surface area contributed by atoms with Crippen LogP contribution in [0.3, 0.4) is 0 Å². The lowest BCUT2D eigenvalue weighted by Crippen LogP contribution is -2.48. The van der Waals surface area contributed by atoms with Crippen LogP contribution in [0.5, 0.6) is 0 Å². The zero-order chi connectivity index (χ0) is 16.3. The molecule has 1 aromatic rings. The van der Waals surface area contributed by atoms with Crippen LogP contribution in [0.15, 0.2) is 30.3 Å². The first-order valence-electron chi connectivity index (χ1n) is 8.16. The molecule has 22 heavy (non-hydrogen) atoms. The van der Waals surface area contributed by atoms with Crippen molar-refractivity contribution in [1.29, 1.82) is 0 Å². The summed E-state index contributed by atoms with van der Waals surface area (Å²) in [5, 5.41) is 0. The third-order valence-electron chi connectivity index (χ3n) is 4.72. The molecule has 1 amide bonds. The molecule has 0 aromatic heterocycles. The summed E-state index contributed by atoms with van der Waals surface area (Å²) in [6, 6.07) is 10.4. The number of rotatable bonds is 5. The van der Waals surface area contributed by atoms with Gasteiger partial charge in [0.25, 0.3) is 0 Å². The van der Waals surface area contributed by atoms with Gasteiger partial charge in [0.2, 0.25) is 5.91 Å². The van der Waals surface area contributed by atoms with Crippen LogP contribution < -0.4 is 5.73 Å². The molecule has 4 nitrogen and oxygen atoms in total. The van der Waals surface area contributed by atoms with Gasteiger partial charge in [-0.2, -0.15) is 0 Å². The fraction of sp³-hybridized carbons (Fsp3) is 0.611. The van der Waals surface area contributed by atoms with Gasteiger partial charge in [-0.25, -0.2) is 0 Å². The Morgan fingerprint density at radius 3 is 2.41 bits per heavy atom. The number of carbonyl (C=O) groups is 1. The van der Waals surface area contributed by atoms with Crippen LogP contribution in [0, 0.1) is 11.8 Å². The van der Waals surface area contributed by atoms with E-state index in [0.29, 0.717) is 24.3 Å². The van der Waals surface area contributed by atoms with Crippen molar-refractivity contribution >= 4 is 5.91 Å². The van der Waals surface area contributed by atoms with Gasteiger partial charge in [-0.3, -0.25) is 9.69 Å².